The van der Waals surface area contributed by atoms with Gasteiger partial charge < -0.3 is 15.5 Å². The van der Waals surface area contributed by atoms with Crippen molar-refractivity contribution in [2.75, 3.05) is 31.1 Å². The summed E-state index contributed by atoms with van der Waals surface area (Å²) in [7, 11) is 0. The Hall–Kier alpha value is -1.62. The Morgan fingerprint density at radius 1 is 1.25 bits per heavy atom. The number of benzene rings is 1. The molecule has 2 aliphatic rings. The van der Waals surface area contributed by atoms with Gasteiger partial charge in [-0.05, 0) is 25.0 Å². The van der Waals surface area contributed by atoms with Crippen LogP contribution in [0.1, 0.15) is 25.3 Å². The van der Waals surface area contributed by atoms with Crippen LogP contribution in [-0.2, 0) is 10.3 Å². The first-order chi connectivity index (χ1) is 9.49. The van der Waals surface area contributed by atoms with E-state index in [1.165, 1.54) is 0 Å². The maximum Gasteiger partial charge on any atom is 0.219 e. The SMILES string of the molecule is CC(=O)N1CCN(c2ccc(C3(N)CC3)c(F)c2)CC1. The van der Waals surface area contributed by atoms with Crippen molar-refractivity contribution in [1.82, 2.24) is 4.90 Å². The summed E-state index contributed by atoms with van der Waals surface area (Å²) in [5.41, 5.74) is 7.12. The van der Waals surface area contributed by atoms with Gasteiger partial charge in [0.05, 0.1) is 0 Å². The van der Waals surface area contributed by atoms with Crippen molar-refractivity contribution in [3.05, 3.63) is 29.6 Å². The molecule has 2 N–H and O–H groups in total. The van der Waals surface area contributed by atoms with E-state index in [9.17, 15) is 9.18 Å². The van der Waals surface area contributed by atoms with Gasteiger partial charge >= 0.3 is 0 Å². The number of piperazine rings is 1. The van der Waals surface area contributed by atoms with Gasteiger partial charge in [0, 0.05) is 49.9 Å². The van der Waals surface area contributed by atoms with E-state index < -0.39 is 5.54 Å². The second-order valence-corrected chi connectivity index (χ2v) is 5.81. The molecule has 1 aliphatic heterocycles. The fraction of sp³-hybridized carbons (Fsp3) is 0.533. The third-order valence-electron chi connectivity index (χ3n) is 4.37. The Balaban J connectivity index is 1.72. The average molecular weight is 277 g/mol. The highest BCUT2D eigenvalue weighted by molar-refractivity contribution is 5.73. The topological polar surface area (TPSA) is 49.6 Å². The lowest BCUT2D eigenvalue weighted by atomic mass is 10.0. The van der Waals surface area contributed by atoms with Gasteiger partial charge in [-0.15, -0.1) is 0 Å². The van der Waals surface area contributed by atoms with Crippen LogP contribution in [0.4, 0.5) is 10.1 Å². The molecule has 0 atom stereocenters. The van der Waals surface area contributed by atoms with Gasteiger partial charge in [0.2, 0.25) is 5.91 Å². The van der Waals surface area contributed by atoms with Crippen LogP contribution in [0.15, 0.2) is 18.2 Å². The molecule has 1 heterocycles. The first kappa shape index (κ1) is 13.4. The van der Waals surface area contributed by atoms with Crippen LogP contribution in [0.2, 0.25) is 0 Å². The van der Waals surface area contributed by atoms with Crippen LogP contribution in [0, 0.1) is 5.82 Å². The number of hydrogen-bond donors (Lipinski definition) is 1. The van der Waals surface area contributed by atoms with Gasteiger partial charge in [0.25, 0.3) is 0 Å². The largest absolute Gasteiger partial charge is 0.368 e. The summed E-state index contributed by atoms with van der Waals surface area (Å²) in [5, 5.41) is 0. The quantitative estimate of drug-likeness (QED) is 0.890. The molecular formula is C15H20FN3O. The van der Waals surface area contributed by atoms with Crippen molar-refractivity contribution in [2.45, 2.75) is 25.3 Å². The predicted molar refractivity (Wildman–Crippen MR) is 76.0 cm³/mol. The Kier molecular flexibility index (Phi) is 3.17. The maximum atomic E-state index is 14.2. The van der Waals surface area contributed by atoms with Gasteiger partial charge in [0.1, 0.15) is 5.82 Å². The number of rotatable bonds is 2. The van der Waals surface area contributed by atoms with Gasteiger partial charge in [-0.3, -0.25) is 4.79 Å². The third kappa shape index (κ3) is 2.38. The number of hydrogen-bond acceptors (Lipinski definition) is 3. The molecule has 0 bridgehead atoms. The molecule has 3 rings (SSSR count). The van der Waals surface area contributed by atoms with E-state index in [-0.39, 0.29) is 11.7 Å². The van der Waals surface area contributed by atoms with E-state index in [1.807, 2.05) is 17.0 Å². The monoisotopic (exact) mass is 277 g/mol. The summed E-state index contributed by atoms with van der Waals surface area (Å²) in [6.07, 6.45) is 1.72. The summed E-state index contributed by atoms with van der Waals surface area (Å²) in [6.45, 7) is 4.46. The van der Waals surface area contributed by atoms with Gasteiger partial charge in [0.15, 0.2) is 0 Å². The zero-order valence-electron chi connectivity index (χ0n) is 11.7. The van der Waals surface area contributed by atoms with Crippen molar-refractivity contribution < 1.29 is 9.18 Å². The highest BCUT2D eigenvalue weighted by Gasteiger charge is 2.42. The zero-order valence-corrected chi connectivity index (χ0v) is 11.7. The number of amides is 1. The lowest BCUT2D eigenvalue weighted by Gasteiger charge is -2.35. The molecule has 2 fully saturated rings. The molecule has 1 amide bonds. The lowest BCUT2D eigenvalue weighted by molar-refractivity contribution is -0.129. The number of carbonyl (C=O) groups excluding carboxylic acids is 1. The minimum Gasteiger partial charge on any atom is -0.368 e. The van der Waals surface area contributed by atoms with E-state index in [1.54, 1.807) is 13.0 Å². The predicted octanol–water partition coefficient (Wildman–Crippen LogP) is 1.44. The van der Waals surface area contributed by atoms with Crippen LogP contribution in [0.3, 0.4) is 0 Å². The van der Waals surface area contributed by atoms with Crippen molar-refractivity contribution in [3.63, 3.8) is 0 Å². The molecule has 1 aliphatic carbocycles. The molecule has 1 saturated carbocycles. The van der Waals surface area contributed by atoms with E-state index in [0.717, 1.165) is 31.6 Å². The van der Waals surface area contributed by atoms with E-state index in [0.29, 0.717) is 18.7 Å². The van der Waals surface area contributed by atoms with Gasteiger partial charge in [-0.2, -0.15) is 0 Å². The number of carbonyl (C=O) groups is 1. The minimum atomic E-state index is -0.435. The highest BCUT2D eigenvalue weighted by Crippen LogP contribution is 2.44. The molecular weight excluding hydrogens is 257 g/mol. The lowest BCUT2D eigenvalue weighted by Crippen LogP contribution is -2.48. The van der Waals surface area contributed by atoms with Crippen molar-refractivity contribution in [3.8, 4) is 0 Å². The smallest absolute Gasteiger partial charge is 0.219 e. The number of anilines is 1. The second-order valence-electron chi connectivity index (χ2n) is 5.81. The van der Waals surface area contributed by atoms with Crippen LogP contribution in [-0.4, -0.2) is 37.0 Å². The van der Waals surface area contributed by atoms with Crippen LogP contribution >= 0.6 is 0 Å². The summed E-state index contributed by atoms with van der Waals surface area (Å²) in [6, 6.07) is 5.33. The molecule has 0 spiro atoms. The maximum absolute atomic E-state index is 14.2. The fourth-order valence-electron chi connectivity index (χ4n) is 2.79. The van der Waals surface area contributed by atoms with E-state index in [2.05, 4.69) is 4.90 Å². The summed E-state index contributed by atoms with van der Waals surface area (Å²) < 4.78 is 14.2. The fourth-order valence-corrected chi connectivity index (χ4v) is 2.79. The van der Waals surface area contributed by atoms with Gasteiger partial charge in [-0.25, -0.2) is 4.39 Å². The van der Waals surface area contributed by atoms with Crippen molar-refractivity contribution in [1.29, 1.82) is 0 Å². The first-order valence-electron chi connectivity index (χ1n) is 7.09. The summed E-state index contributed by atoms with van der Waals surface area (Å²) in [4.78, 5) is 15.2. The zero-order chi connectivity index (χ0) is 14.3. The van der Waals surface area contributed by atoms with Crippen LogP contribution in [0.25, 0.3) is 0 Å². The molecule has 1 aromatic carbocycles. The molecule has 0 aromatic heterocycles. The molecule has 5 heteroatoms. The number of nitrogens with zero attached hydrogens (tertiary/aromatic N) is 2. The molecule has 0 radical (unpaired) electrons. The molecule has 20 heavy (non-hydrogen) atoms. The van der Waals surface area contributed by atoms with Crippen molar-refractivity contribution in [2.24, 2.45) is 5.73 Å². The Labute approximate surface area is 118 Å². The highest BCUT2D eigenvalue weighted by atomic mass is 19.1. The molecule has 1 aromatic rings. The average Bonchev–Trinajstić information content (AvgIpc) is 3.17. The third-order valence-corrected chi connectivity index (χ3v) is 4.37. The molecule has 108 valence electrons. The molecule has 0 unspecified atom stereocenters. The Morgan fingerprint density at radius 3 is 2.40 bits per heavy atom. The van der Waals surface area contributed by atoms with Crippen LogP contribution in [0.5, 0.6) is 0 Å². The Morgan fingerprint density at radius 2 is 1.90 bits per heavy atom. The van der Waals surface area contributed by atoms with Gasteiger partial charge in [-0.1, -0.05) is 6.07 Å². The first-order valence-corrected chi connectivity index (χ1v) is 7.09. The standard InChI is InChI=1S/C15H20FN3O/c1-11(20)18-6-8-19(9-7-18)12-2-3-13(14(16)10-12)15(17)4-5-15/h2-3,10H,4-9,17H2,1H3. The second kappa shape index (κ2) is 4.74. The van der Waals surface area contributed by atoms with Crippen LogP contribution < -0.4 is 10.6 Å². The number of nitrogens with two attached hydrogens (primary N) is 1. The number of halogens is 1. The minimum absolute atomic E-state index is 0.102. The molecule has 1 saturated heterocycles. The summed E-state index contributed by atoms with van der Waals surface area (Å²) >= 11 is 0. The Bertz CT molecular complexity index is 534. The van der Waals surface area contributed by atoms with Crippen molar-refractivity contribution >= 4 is 11.6 Å². The normalized spacial score (nSPS) is 20.9. The van der Waals surface area contributed by atoms with E-state index in [4.69, 9.17) is 5.73 Å². The summed E-state index contributed by atoms with van der Waals surface area (Å²) in [5.74, 6) is -0.110. The van der Waals surface area contributed by atoms with E-state index >= 15 is 0 Å². The molecule has 4 nitrogen and oxygen atoms in total.